The van der Waals surface area contributed by atoms with Gasteiger partial charge in [0.2, 0.25) is 0 Å². The zero-order valence-electron chi connectivity index (χ0n) is 11.5. The van der Waals surface area contributed by atoms with E-state index < -0.39 is 11.7 Å². The first kappa shape index (κ1) is 13.7. The van der Waals surface area contributed by atoms with E-state index in [1.807, 2.05) is 0 Å². The molecule has 110 valence electrons. The predicted molar refractivity (Wildman–Crippen MR) is 72.9 cm³/mol. The molecule has 2 heterocycles. The number of benzene rings is 1. The molecule has 2 aliphatic heterocycles. The molecule has 1 fully saturated rings. The van der Waals surface area contributed by atoms with Crippen molar-refractivity contribution in [1.82, 2.24) is 4.90 Å². The lowest BCUT2D eigenvalue weighted by atomic mass is 9.83. The minimum absolute atomic E-state index is 0.348. The summed E-state index contributed by atoms with van der Waals surface area (Å²) in [6, 6.07) is 4.61. The summed E-state index contributed by atoms with van der Waals surface area (Å²) in [5.74, 6) is 0.348. The molecule has 2 nitrogen and oxygen atoms in total. The number of nitrogens with zero attached hydrogens (tertiary/aromatic N) is 1. The molecule has 1 N–H and O–H groups in total. The van der Waals surface area contributed by atoms with Crippen LogP contribution in [0.3, 0.4) is 0 Å². The lowest BCUT2D eigenvalue weighted by molar-refractivity contribution is -0.137. The summed E-state index contributed by atoms with van der Waals surface area (Å²) >= 11 is 0. The van der Waals surface area contributed by atoms with Crippen molar-refractivity contribution in [3.05, 3.63) is 29.3 Å². The number of nitrogens with one attached hydrogen (secondary N) is 1. The van der Waals surface area contributed by atoms with Gasteiger partial charge in [0, 0.05) is 24.2 Å². The SMILES string of the molecule is CN1CCCC1C1CCNc2cc(C(F)(F)F)ccc21. The van der Waals surface area contributed by atoms with Crippen molar-refractivity contribution >= 4 is 5.69 Å². The highest BCUT2D eigenvalue weighted by Gasteiger charge is 2.36. The average Bonchev–Trinajstić information content (AvgIpc) is 2.82. The molecule has 2 unspecified atom stereocenters. The number of anilines is 1. The Kier molecular flexibility index (Phi) is 3.40. The number of likely N-dealkylation sites (N-methyl/N-ethyl adjacent to an activating group) is 1. The largest absolute Gasteiger partial charge is 0.416 e. The number of alkyl halides is 3. The lowest BCUT2D eigenvalue weighted by Gasteiger charge is -2.34. The van der Waals surface area contributed by atoms with Gasteiger partial charge in [0.15, 0.2) is 0 Å². The van der Waals surface area contributed by atoms with E-state index in [1.54, 1.807) is 6.07 Å². The maximum atomic E-state index is 12.8. The van der Waals surface area contributed by atoms with Gasteiger partial charge >= 0.3 is 6.18 Å². The van der Waals surface area contributed by atoms with E-state index >= 15 is 0 Å². The van der Waals surface area contributed by atoms with Crippen molar-refractivity contribution in [1.29, 1.82) is 0 Å². The molecule has 1 aromatic carbocycles. The van der Waals surface area contributed by atoms with Gasteiger partial charge in [0.25, 0.3) is 0 Å². The second-order valence-corrected chi connectivity index (χ2v) is 5.81. The second kappa shape index (κ2) is 4.95. The maximum absolute atomic E-state index is 12.8. The van der Waals surface area contributed by atoms with Gasteiger partial charge in [-0.1, -0.05) is 6.07 Å². The summed E-state index contributed by atoms with van der Waals surface area (Å²) in [7, 11) is 2.11. The summed E-state index contributed by atoms with van der Waals surface area (Å²) in [6.07, 6.45) is -0.954. The van der Waals surface area contributed by atoms with Crippen LogP contribution in [0.25, 0.3) is 0 Å². The average molecular weight is 284 g/mol. The van der Waals surface area contributed by atoms with Crippen molar-refractivity contribution in [2.75, 3.05) is 25.5 Å². The van der Waals surface area contributed by atoms with Gasteiger partial charge in [-0.2, -0.15) is 13.2 Å². The maximum Gasteiger partial charge on any atom is 0.416 e. The van der Waals surface area contributed by atoms with Crippen molar-refractivity contribution in [3.8, 4) is 0 Å². The van der Waals surface area contributed by atoms with Crippen LogP contribution in [0.4, 0.5) is 18.9 Å². The van der Waals surface area contributed by atoms with Crippen LogP contribution in [-0.4, -0.2) is 31.1 Å². The fourth-order valence-electron chi connectivity index (χ4n) is 3.57. The smallest absolute Gasteiger partial charge is 0.385 e. The normalized spacial score (nSPS) is 27.2. The van der Waals surface area contributed by atoms with E-state index in [2.05, 4.69) is 17.3 Å². The minimum atomic E-state index is -4.27. The molecule has 0 aliphatic carbocycles. The Morgan fingerprint density at radius 1 is 1.25 bits per heavy atom. The summed E-state index contributed by atoms with van der Waals surface area (Å²) in [5, 5.41) is 3.12. The van der Waals surface area contributed by atoms with E-state index in [1.165, 1.54) is 18.6 Å². The van der Waals surface area contributed by atoms with Crippen LogP contribution in [0, 0.1) is 0 Å². The van der Waals surface area contributed by atoms with Crippen LogP contribution in [0.1, 0.15) is 36.3 Å². The Balaban J connectivity index is 1.93. The van der Waals surface area contributed by atoms with Gasteiger partial charge < -0.3 is 10.2 Å². The number of likely N-dealkylation sites (tertiary alicyclic amines) is 1. The van der Waals surface area contributed by atoms with Gasteiger partial charge in [-0.15, -0.1) is 0 Å². The third kappa shape index (κ3) is 2.39. The molecule has 20 heavy (non-hydrogen) atoms. The monoisotopic (exact) mass is 284 g/mol. The van der Waals surface area contributed by atoms with E-state index in [0.717, 1.165) is 31.5 Å². The fraction of sp³-hybridized carbons (Fsp3) is 0.600. The standard InChI is InChI=1S/C15H19F3N2/c1-20-8-2-3-14(20)12-6-7-19-13-9-10(15(16,17)18)4-5-11(12)13/h4-5,9,12,14,19H,2-3,6-8H2,1H3. The number of hydrogen-bond donors (Lipinski definition) is 1. The molecular weight excluding hydrogens is 265 g/mol. The van der Waals surface area contributed by atoms with Gasteiger partial charge in [-0.25, -0.2) is 0 Å². The number of hydrogen-bond acceptors (Lipinski definition) is 2. The summed E-state index contributed by atoms with van der Waals surface area (Å²) < 4.78 is 38.3. The van der Waals surface area contributed by atoms with Crippen molar-refractivity contribution in [2.24, 2.45) is 0 Å². The van der Waals surface area contributed by atoms with E-state index in [9.17, 15) is 13.2 Å². The van der Waals surface area contributed by atoms with Crippen LogP contribution >= 0.6 is 0 Å². The number of fused-ring (bicyclic) bond motifs is 1. The Morgan fingerprint density at radius 3 is 2.70 bits per heavy atom. The molecule has 0 bridgehead atoms. The van der Waals surface area contributed by atoms with Crippen LogP contribution in [0.5, 0.6) is 0 Å². The number of rotatable bonds is 1. The zero-order chi connectivity index (χ0) is 14.3. The van der Waals surface area contributed by atoms with Crippen LogP contribution < -0.4 is 5.32 Å². The van der Waals surface area contributed by atoms with Gasteiger partial charge in [0.05, 0.1) is 5.56 Å². The van der Waals surface area contributed by atoms with Crippen LogP contribution in [-0.2, 0) is 6.18 Å². The van der Waals surface area contributed by atoms with Crippen molar-refractivity contribution in [2.45, 2.75) is 37.4 Å². The molecule has 1 saturated heterocycles. The fourth-order valence-corrected chi connectivity index (χ4v) is 3.57. The first-order valence-electron chi connectivity index (χ1n) is 7.12. The molecule has 1 aromatic rings. The lowest BCUT2D eigenvalue weighted by Crippen LogP contribution is -2.34. The van der Waals surface area contributed by atoms with Crippen LogP contribution in [0.2, 0.25) is 0 Å². The molecule has 5 heteroatoms. The molecule has 2 aliphatic rings. The Bertz CT molecular complexity index is 498. The topological polar surface area (TPSA) is 15.3 Å². The van der Waals surface area contributed by atoms with Crippen molar-refractivity contribution < 1.29 is 13.2 Å². The highest BCUT2D eigenvalue weighted by atomic mass is 19.4. The Morgan fingerprint density at radius 2 is 2.05 bits per heavy atom. The third-order valence-electron chi connectivity index (χ3n) is 4.59. The predicted octanol–water partition coefficient (Wildman–Crippen LogP) is 3.70. The van der Waals surface area contributed by atoms with E-state index in [0.29, 0.717) is 17.6 Å². The van der Waals surface area contributed by atoms with Crippen molar-refractivity contribution in [3.63, 3.8) is 0 Å². The number of halogens is 3. The molecular formula is C15H19F3N2. The first-order chi connectivity index (χ1) is 9.47. The third-order valence-corrected chi connectivity index (χ3v) is 4.59. The zero-order valence-corrected chi connectivity index (χ0v) is 11.5. The molecule has 0 saturated carbocycles. The van der Waals surface area contributed by atoms with Crippen LogP contribution in [0.15, 0.2) is 18.2 Å². The minimum Gasteiger partial charge on any atom is -0.385 e. The van der Waals surface area contributed by atoms with Gasteiger partial charge in [-0.05, 0) is 50.6 Å². The summed E-state index contributed by atoms with van der Waals surface area (Å²) in [6.45, 7) is 1.84. The molecule has 0 spiro atoms. The van der Waals surface area contributed by atoms with E-state index in [-0.39, 0.29) is 0 Å². The first-order valence-corrected chi connectivity index (χ1v) is 7.12. The molecule has 0 amide bonds. The summed E-state index contributed by atoms with van der Waals surface area (Å²) in [5.41, 5.74) is 1.14. The van der Waals surface area contributed by atoms with Gasteiger partial charge in [-0.3, -0.25) is 0 Å². The van der Waals surface area contributed by atoms with Gasteiger partial charge in [0.1, 0.15) is 0 Å². The quantitative estimate of drug-likeness (QED) is 0.846. The molecule has 0 aromatic heterocycles. The highest BCUT2D eigenvalue weighted by molar-refractivity contribution is 5.57. The molecule has 3 rings (SSSR count). The molecule has 2 atom stereocenters. The molecule has 0 radical (unpaired) electrons. The summed E-state index contributed by atoms with van der Waals surface area (Å²) in [4.78, 5) is 2.34. The Hall–Kier alpha value is -1.23. The highest BCUT2D eigenvalue weighted by Crippen LogP contribution is 2.41. The van der Waals surface area contributed by atoms with E-state index in [4.69, 9.17) is 0 Å². The second-order valence-electron chi connectivity index (χ2n) is 5.81. The Labute approximate surface area is 117 Å².